The van der Waals surface area contributed by atoms with Crippen molar-refractivity contribution in [3.8, 4) is 0 Å². The van der Waals surface area contributed by atoms with Gasteiger partial charge in [0.25, 0.3) is 0 Å². The second kappa shape index (κ2) is 6.90. The fourth-order valence-corrected chi connectivity index (χ4v) is 3.21. The Bertz CT molecular complexity index is 358. The van der Waals surface area contributed by atoms with E-state index in [2.05, 4.69) is 65.6 Å². The number of hydrogen-bond donors (Lipinski definition) is 0. The maximum Gasteiger partial charge on any atom is 0.0233 e. The summed E-state index contributed by atoms with van der Waals surface area (Å²) in [4.78, 5) is 2.63. The molecule has 1 fully saturated rings. The smallest absolute Gasteiger partial charge is 0.0233 e. The third-order valence-electron chi connectivity index (χ3n) is 4.13. The second-order valence-corrected chi connectivity index (χ2v) is 7.08. The van der Waals surface area contributed by atoms with E-state index in [0.717, 1.165) is 18.4 Å². The van der Waals surface area contributed by atoms with E-state index in [4.69, 9.17) is 0 Å². The summed E-state index contributed by atoms with van der Waals surface area (Å²) in [5.41, 5.74) is 1.46. The molecule has 0 saturated carbocycles. The first-order valence-corrected chi connectivity index (χ1v) is 8.20. The van der Waals surface area contributed by atoms with Crippen molar-refractivity contribution in [1.29, 1.82) is 0 Å². The minimum Gasteiger partial charge on any atom is -0.299 e. The van der Waals surface area contributed by atoms with Gasteiger partial charge in [-0.15, -0.1) is 0 Å². The Kier molecular flexibility index (Phi) is 5.49. The lowest BCUT2D eigenvalue weighted by Crippen LogP contribution is -2.24. The van der Waals surface area contributed by atoms with Crippen molar-refractivity contribution in [3.63, 3.8) is 0 Å². The first kappa shape index (κ1) is 14.3. The van der Waals surface area contributed by atoms with Gasteiger partial charge in [-0.3, -0.25) is 4.90 Å². The Morgan fingerprint density at radius 2 is 1.89 bits per heavy atom. The minimum absolute atomic E-state index is 0.850. The van der Waals surface area contributed by atoms with E-state index >= 15 is 0 Å². The van der Waals surface area contributed by atoms with E-state index in [9.17, 15) is 0 Å². The van der Waals surface area contributed by atoms with E-state index < -0.39 is 0 Å². The van der Waals surface area contributed by atoms with Crippen LogP contribution in [0.5, 0.6) is 0 Å². The van der Waals surface area contributed by atoms with Crippen molar-refractivity contribution in [1.82, 2.24) is 4.90 Å². The van der Waals surface area contributed by atoms with Gasteiger partial charge in [0.15, 0.2) is 0 Å². The number of nitrogens with zero attached hydrogens (tertiary/aromatic N) is 1. The molecule has 0 bridgehead atoms. The lowest BCUT2D eigenvalue weighted by molar-refractivity contribution is 0.265. The highest BCUT2D eigenvalue weighted by Gasteiger charge is 2.19. The molecule has 1 aliphatic heterocycles. The molecule has 1 saturated heterocycles. The number of hydrogen-bond acceptors (Lipinski definition) is 1. The fourth-order valence-electron chi connectivity index (χ4n) is 2.85. The monoisotopic (exact) mass is 357 g/mol. The predicted octanol–water partition coefficient (Wildman–Crippen LogP) is 4.55. The standard InChI is InChI=1S/C16H24IN/c1-13(2)15-4-3-10-18(11-9-15)12-14-5-7-16(17)8-6-14/h5-8,13,15H,3-4,9-12H2,1-2H3. The van der Waals surface area contributed by atoms with Crippen LogP contribution in [-0.4, -0.2) is 18.0 Å². The Morgan fingerprint density at radius 3 is 2.56 bits per heavy atom. The average Bonchev–Trinajstić information content (AvgIpc) is 2.58. The molecule has 0 amide bonds. The fraction of sp³-hybridized carbons (Fsp3) is 0.625. The highest BCUT2D eigenvalue weighted by molar-refractivity contribution is 14.1. The van der Waals surface area contributed by atoms with E-state index in [1.54, 1.807) is 0 Å². The molecular weight excluding hydrogens is 333 g/mol. The van der Waals surface area contributed by atoms with E-state index in [1.807, 2.05) is 0 Å². The molecule has 1 unspecified atom stereocenters. The van der Waals surface area contributed by atoms with E-state index in [1.165, 1.54) is 41.5 Å². The van der Waals surface area contributed by atoms with Crippen LogP contribution >= 0.6 is 22.6 Å². The van der Waals surface area contributed by atoms with Crippen molar-refractivity contribution in [3.05, 3.63) is 33.4 Å². The van der Waals surface area contributed by atoms with Gasteiger partial charge in [-0.2, -0.15) is 0 Å². The van der Waals surface area contributed by atoms with Crippen LogP contribution in [0.15, 0.2) is 24.3 Å². The van der Waals surface area contributed by atoms with Crippen LogP contribution in [0, 0.1) is 15.4 Å². The second-order valence-electron chi connectivity index (χ2n) is 5.84. The highest BCUT2D eigenvalue weighted by Crippen LogP contribution is 2.25. The number of rotatable bonds is 3. The Balaban J connectivity index is 1.88. The van der Waals surface area contributed by atoms with Crippen LogP contribution in [0.1, 0.15) is 38.7 Å². The average molecular weight is 357 g/mol. The summed E-state index contributed by atoms with van der Waals surface area (Å²) >= 11 is 2.37. The Labute approximate surface area is 125 Å². The van der Waals surface area contributed by atoms with Gasteiger partial charge in [0, 0.05) is 10.1 Å². The summed E-state index contributed by atoms with van der Waals surface area (Å²) in [5, 5.41) is 0. The summed E-state index contributed by atoms with van der Waals surface area (Å²) in [6.07, 6.45) is 4.16. The Hall–Kier alpha value is -0.0900. The van der Waals surface area contributed by atoms with Crippen LogP contribution in [0.2, 0.25) is 0 Å². The van der Waals surface area contributed by atoms with Gasteiger partial charge in [0.05, 0.1) is 0 Å². The molecule has 2 heteroatoms. The molecule has 1 heterocycles. The zero-order valence-corrected chi connectivity index (χ0v) is 13.7. The lowest BCUT2D eigenvalue weighted by atomic mass is 9.89. The van der Waals surface area contributed by atoms with Crippen LogP contribution < -0.4 is 0 Å². The van der Waals surface area contributed by atoms with Gasteiger partial charge in [-0.1, -0.05) is 26.0 Å². The third-order valence-corrected chi connectivity index (χ3v) is 4.85. The van der Waals surface area contributed by atoms with Crippen LogP contribution in [0.3, 0.4) is 0 Å². The number of halogens is 1. The maximum atomic E-state index is 2.63. The summed E-state index contributed by atoms with van der Waals surface area (Å²) in [7, 11) is 0. The molecule has 0 N–H and O–H groups in total. The molecule has 0 aromatic heterocycles. The SMILES string of the molecule is CC(C)C1CCCN(Cc2ccc(I)cc2)CC1. The Morgan fingerprint density at radius 1 is 1.17 bits per heavy atom. The lowest BCUT2D eigenvalue weighted by Gasteiger charge is -2.21. The number of benzene rings is 1. The molecule has 1 aliphatic rings. The van der Waals surface area contributed by atoms with Crippen molar-refractivity contribution in [2.75, 3.05) is 13.1 Å². The predicted molar refractivity (Wildman–Crippen MR) is 86.6 cm³/mol. The maximum absolute atomic E-state index is 2.63. The van der Waals surface area contributed by atoms with Crippen molar-refractivity contribution in [2.45, 2.75) is 39.7 Å². The molecule has 1 nitrogen and oxygen atoms in total. The summed E-state index contributed by atoms with van der Waals surface area (Å²) in [6, 6.07) is 8.97. The van der Waals surface area contributed by atoms with Gasteiger partial charge >= 0.3 is 0 Å². The van der Waals surface area contributed by atoms with E-state index in [0.29, 0.717) is 0 Å². The van der Waals surface area contributed by atoms with Crippen LogP contribution in [0.25, 0.3) is 0 Å². The zero-order chi connectivity index (χ0) is 13.0. The van der Waals surface area contributed by atoms with Gasteiger partial charge in [0.2, 0.25) is 0 Å². The third kappa shape index (κ3) is 4.23. The van der Waals surface area contributed by atoms with Crippen molar-refractivity contribution in [2.24, 2.45) is 11.8 Å². The minimum atomic E-state index is 0.850. The van der Waals surface area contributed by atoms with E-state index in [-0.39, 0.29) is 0 Å². The topological polar surface area (TPSA) is 3.24 Å². The molecule has 1 aromatic rings. The first-order chi connectivity index (χ1) is 8.65. The van der Waals surface area contributed by atoms with Gasteiger partial charge in [-0.25, -0.2) is 0 Å². The molecule has 100 valence electrons. The van der Waals surface area contributed by atoms with Crippen molar-refractivity contribution < 1.29 is 0 Å². The zero-order valence-electron chi connectivity index (χ0n) is 11.5. The van der Waals surface area contributed by atoms with Gasteiger partial charge in [0.1, 0.15) is 0 Å². The molecule has 0 spiro atoms. The molecule has 2 rings (SSSR count). The molecule has 0 radical (unpaired) electrons. The van der Waals surface area contributed by atoms with Gasteiger partial charge < -0.3 is 0 Å². The van der Waals surface area contributed by atoms with Gasteiger partial charge in [-0.05, 0) is 84.5 Å². The first-order valence-electron chi connectivity index (χ1n) is 7.12. The quantitative estimate of drug-likeness (QED) is 0.718. The molecule has 18 heavy (non-hydrogen) atoms. The van der Waals surface area contributed by atoms with Crippen LogP contribution in [0.4, 0.5) is 0 Å². The largest absolute Gasteiger partial charge is 0.299 e. The summed E-state index contributed by atoms with van der Waals surface area (Å²) in [5.74, 6) is 1.79. The molecule has 1 atom stereocenters. The number of likely N-dealkylation sites (tertiary alicyclic amines) is 1. The highest BCUT2D eigenvalue weighted by atomic mass is 127. The molecule has 1 aromatic carbocycles. The summed E-state index contributed by atoms with van der Waals surface area (Å²) < 4.78 is 1.33. The van der Waals surface area contributed by atoms with Crippen LogP contribution in [-0.2, 0) is 6.54 Å². The summed E-state index contributed by atoms with van der Waals surface area (Å²) in [6.45, 7) is 8.42. The van der Waals surface area contributed by atoms with Crippen molar-refractivity contribution >= 4 is 22.6 Å². The molecular formula is C16H24IN. The normalized spacial score (nSPS) is 22.1. The molecule has 0 aliphatic carbocycles.